The van der Waals surface area contributed by atoms with E-state index in [2.05, 4.69) is 41.4 Å². The molecule has 0 spiro atoms. The minimum absolute atomic E-state index is 0.0168. The molecule has 2 aliphatic heterocycles. The van der Waals surface area contributed by atoms with Crippen LogP contribution >= 0.6 is 0 Å². The first-order chi connectivity index (χ1) is 13.1. The van der Waals surface area contributed by atoms with Crippen molar-refractivity contribution in [2.75, 3.05) is 52.5 Å². The smallest absolute Gasteiger partial charge is 0.225 e. The Morgan fingerprint density at radius 1 is 1.19 bits per heavy atom. The Morgan fingerprint density at radius 2 is 1.93 bits per heavy atom. The Hall–Kier alpha value is -1.92. The monoisotopic (exact) mass is 373 g/mol. The number of nitrogens with one attached hydrogen (secondary N) is 1. The lowest BCUT2D eigenvalue weighted by molar-refractivity contribution is -0.129. The Labute approximate surface area is 161 Å². The topological polar surface area (TPSA) is 61.9 Å². The number of morpholine rings is 1. The number of rotatable bonds is 8. The second-order valence-electron chi connectivity index (χ2n) is 7.57. The summed E-state index contributed by atoms with van der Waals surface area (Å²) in [6.07, 6.45) is 2.10. The molecule has 6 nitrogen and oxygen atoms in total. The molecule has 0 bridgehead atoms. The molecule has 2 saturated heterocycles. The summed E-state index contributed by atoms with van der Waals surface area (Å²) in [5.74, 6) is -0.0994. The number of nitrogens with zero attached hydrogens (tertiary/aromatic N) is 2. The summed E-state index contributed by atoms with van der Waals surface area (Å²) in [6.45, 7) is 8.49. The van der Waals surface area contributed by atoms with Crippen molar-refractivity contribution in [2.45, 2.75) is 26.2 Å². The number of carbonyl (C=O) groups excluding carboxylic acids is 2. The van der Waals surface area contributed by atoms with Crippen LogP contribution in [0.3, 0.4) is 0 Å². The normalized spacial score (nSPS) is 20.9. The van der Waals surface area contributed by atoms with Crippen molar-refractivity contribution in [3.63, 3.8) is 0 Å². The van der Waals surface area contributed by atoms with E-state index in [0.29, 0.717) is 26.1 Å². The highest BCUT2D eigenvalue weighted by Gasteiger charge is 2.33. The predicted molar refractivity (Wildman–Crippen MR) is 104 cm³/mol. The average molecular weight is 373 g/mol. The van der Waals surface area contributed by atoms with E-state index in [1.54, 1.807) is 0 Å². The van der Waals surface area contributed by atoms with Crippen LogP contribution in [-0.2, 0) is 20.7 Å². The van der Waals surface area contributed by atoms with Crippen LogP contribution in [0.2, 0.25) is 0 Å². The van der Waals surface area contributed by atoms with Gasteiger partial charge < -0.3 is 15.0 Å². The first kappa shape index (κ1) is 19.8. The van der Waals surface area contributed by atoms with Gasteiger partial charge in [0.2, 0.25) is 11.8 Å². The van der Waals surface area contributed by atoms with Crippen LogP contribution in [-0.4, -0.2) is 74.1 Å². The molecule has 0 unspecified atom stereocenters. The van der Waals surface area contributed by atoms with Gasteiger partial charge in [-0.3, -0.25) is 14.5 Å². The number of aryl methyl sites for hydroxylation is 1. The molecular formula is C21H31N3O3. The third kappa shape index (κ3) is 6.04. The van der Waals surface area contributed by atoms with Gasteiger partial charge in [-0.25, -0.2) is 0 Å². The van der Waals surface area contributed by atoms with Crippen LogP contribution < -0.4 is 5.32 Å². The molecular weight excluding hydrogens is 342 g/mol. The second kappa shape index (κ2) is 9.85. The quantitative estimate of drug-likeness (QED) is 0.696. The molecule has 27 heavy (non-hydrogen) atoms. The summed E-state index contributed by atoms with van der Waals surface area (Å²) in [5.41, 5.74) is 2.46. The highest BCUT2D eigenvalue weighted by Crippen LogP contribution is 2.18. The van der Waals surface area contributed by atoms with Crippen molar-refractivity contribution in [2.24, 2.45) is 5.92 Å². The zero-order chi connectivity index (χ0) is 19.1. The Kier molecular flexibility index (Phi) is 7.24. The minimum Gasteiger partial charge on any atom is -0.379 e. The molecule has 2 fully saturated rings. The van der Waals surface area contributed by atoms with E-state index in [9.17, 15) is 9.59 Å². The number of benzene rings is 1. The lowest BCUT2D eigenvalue weighted by Gasteiger charge is -2.26. The van der Waals surface area contributed by atoms with E-state index in [1.807, 2.05) is 4.90 Å². The van der Waals surface area contributed by atoms with Crippen LogP contribution in [0.1, 0.15) is 24.0 Å². The van der Waals surface area contributed by atoms with Crippen molar-refractivity contribution >= 4 is 11.8 Å². The van der Waals surface area contributed by atoms with Crippen molar-refractivity contribution in [3.05, 3.63) is 35.4 Å². The first-order valence-electron chi connectivity index (χ1n) is 10.0. The third-order valence-corrected chi connectivity index (χ3v) is 5.43. The number of hydrogen-bond donors (Lipinski definition) is 1. The number of ether oxygens (including phenoxy) is 1. The number of amides is 2. The fraction of sp³-hybridized carbons (Fsp3) is 0.619. The second-order valence-corrected chi connectivity index (χ2v) is 7.57. The average Bonchev–Trinajstić information content (AvgIpc) is 3.06. The molecule has 3 rings (SSSR count). The van der Waals surface area contributed by atoms with Crippen LogP contribution in [0, 0.1) is 12.8 Å². The van der Waals surface area contributed by atoms with Gasteiger partial charge >= 0.3 is 0 Å². The highest BCUT2D eigenvalue weighted by atomic mass is 16.5. The lowest BCUT2D eigenvalue weighted by Crippen LogP contribution is -2.39. The zero-order valence-corrected chi connectivity index (χ0v) is 16.3. The fourth-order valence-corrected chi connectivity index (χ4v) is 3.67. The maximum absolute atomic E-state index is 12.4. The molecule has 0 aliphatic carbocycles. The van der Waals surface area contributed by atoms with Crippen LogP contribution in [0.5, 0.6) is 0 Å². The van der Waals surface area contributed by atoms with Crippen LogP contribution in [0.15, 0.2) is 24.3 Å². The Bertz CT molecular complexity index is 626. The van der Waals surface area contributed by atoms with E-state index >= 15 is 0 Å². The maximum Gasteiger partial charge on any atom is 0.225 e. The molecule has 1 N–H and O–H groups in total. The standard InChI is InChI=1S/C21H31N3O3/c1-17-3-5-18(6-4-17)7-10-24-16-19(15-20(24)25)21(26)22-8-2-9-23-11-13-27-14-12-23/h3-6,19H,2,7-16H2,1H3,(H,22,26)/t19-/m1/s1. The highest BCUT2D eigenvalue weighted by molar-refractivity contribution is 5.89. The Morgan fingerprint density at radius 3 is 2.67 bits per heavy atom. The molecule has 6 heteroatoms. The molecule has 2 heterocycles. The minimum atomic E-state index is -0.209. The SMILES string of the molecule is Cc1ccc(CCN2C[C@H](C(=O)NCCCN3CCOCC3)CC2=O)cc1. The van der Waals surface area contributed by atoms with E-state index in [-0.39, 0.29) is 17.7 Å². The van der Waals surface area contributed by atoms with Gasteiger partial charge in [0.15, 0.2) is 0 Å². The van der Waals surface area contributed by atoms with Gasteiger partial charge in [0.1, 0.15) is 0 Å². The van der Waals surface area contributed by atoms with Gasteiger partial charge in [-0.05, 0) is 31.9 Å². The summed E-state index contributed by atoms with van der Waals surface area (Å²) in [7, 11) is 0. The lowest BCUT2D eigenvalue weighted by atomic mass is 10.1. The van der Waals surface area contributed by atoms with Gasteiger partial charge in [0, 0.05) is 39.1 Å². The molecule has 1 aromatic rings. The molecule has 2 aliphatic rings. The summed E-state index contributed by atoms with van der Waals surface area (Å²) in [5, 5.41) is 3.01. The summed E-state index contributed by atoms with van der Waals surface area (Å²) >= 11 is 0. The molecule has 1 aromatic carbocycles. The number of likely N-dealkylation sites (tertiary alicyclic amines) is 1. The zero-order valence-electron chi connectivity index (χ0n) is 16.3. The van der Waals surface area contributed by atoms with E-state index < -0.39 is 0 Å². The van der Waals surface area contributed by atoms with E-state index in [1.165, 1.54) is 11.1 Å². The van der Waals surface area contributed by atoms with Crippen molar-refractivity contribution in [3.8, 4) is 0 Å². The predicted octanol–water partition coefficient (Wildman–Crippen LogP) is 1.22. The summed E-state index contributed by atoms with van der Waals surface area (Å²) < 4.78 is 5.34. The molecule has 1 atom stereocenters. The number of hydrogen-bond acceptors (Lipinski definition) is 4. The largest absolute Gasteiger partial charge is 0.379 e. The third-order valence-electron chi connectivity index (χ3n) is 5.43. The van der Waals surface area contributed by atoms with Gasteiger partial charge in [-0.1, -0.05) is 29.8 Å². The molecule has 0 saturated carbocycles. The van der Waals surface area contributed by atoms with Crippen LogP contribution in [0.4, 0.5) is 0 Å². The fourth-order valence-electron chi connectivity index (χ4n) is 3.67. The molecule has 2 amide bonds. The van der Waals surface area contributed by atoms with E-state index in [0.717, 1.165) is 45.7 Å². The van der Waals surface area contributed by atoms with Crippen molar-refractivity contribution in [1.29, 1.82) is 0 Å². The molecule has 148 valence electrons. The molecule has 0 radical (unpaired) electrons. The van der Waals surface area contributed by atoms with Gasteiger partial charge in [-0.2, -0.15) is 0 Å². The Balaban J connectivity index is 1.34. The van der Waals surface area contributed by atoms with Gasteiger partial charge in [0.05, 0.1) is 19.1 Å². The first-order valence-corrected chi connectivity index (χ1v) is 10.0. The van der Waals surface area contributed by atoms with E-state index in [4.69, 9.17) is 4.74 Å². The van der Waals surface area contributed by atoms with Crippen molar-refractivity contribution < 1.29 is 14.3 Å². The van der Waals surface area contributed by atoms with Crippen LogP contribution in [0.25, 0.3) is 0 Å². The van der Waals surface area contributed by atoms with Gasteiger partial charge in [-0.15, -0.1) is 0 Å². The summed E-state index contributed by atoms with van der Waals surface area (Å²) in [6, 6.07) is 8.39. The summed E-state index contributed by atoms with van der Waals surface area (Å²) in [4.78, 5) is 28.8. The number of carbonyl (C=O) groups is 2. The maximum atomic E-state index is 12.4. The van der Waals surface area contributed by atoms with Crippen molar-refractivity contribution in [1.82, 2.24) is 15.1 Å². The van der Waals surface area contributed by atoms with Gasteiger partial charge in [0.25, 0.3) is 0 Å². The molecule has 0 aromatic heterocycles.